The summed E-state index contributed by atoms with van der Waals surface area (Å²) in [5, 5.41) is 6.06. The Morgan fingerprint density at radius 2 is 1.86 bits per heavy atom. The maximum Gasteiger partial charge on any atom is 0.246 e. The van der Waals surface area contributed by atoms with E-state index in [0.29, 0.717) is 6.61 Å². The van der Waals surface area contributed by atoms with Crippen molar-refractivity contribution in [1.82, 2.24) is 0 Å². The lowest BCUT2D eigenvalue weighted by Gasteiger charge is -2.17. The predicted octanol–water partition coefficient (Wildman–Crippen LogP) is 4.29. The minimum Gasteiger partial charge on any atom is -0.492 e. The first kappa shape index (κ1) is 16.4. The van der Waals surface area contributed by atoms with Crippen LogP contribution in [-0.2, 0) is 4.79 Å². The number of rotatable bonds is 6. The van der Waals surface area contributed by atoms with Gasteiger partial charge in [0.2, 0.25) is 5.91 Å². The topological polar surface area (TPSA) is 50.4 Å². The van der Waals surface area contributed by atoms with Crippen molar-refractivity contribution in [2.24, 2.45) is 0 Å². The molecule has 0 saturated carbocycles. The number of carbonyl (C=O) groups is 1. The highest BCUT2D eigenvalue weighted by molar-refractivity contribution is 9.10. The number of hydrogen-bond donors (Lipinski definition) is 2. The van der Waals surface area contributed by atoms with E-state index in [1.165, 1.54) is 0 Å². The van der Waals surface area contributed by atoms with Crippen molar-refractivity contribution in [1.29, 1.82) is 0 Å². The van der Waals surface area contributed by atoms with Crippen LogP contribution in [0.25, 0.3) is 0 Å². The summed E-state index contributed by atoms with van der Waals surface area (Å²) in [6.45, 7) is 4.33. The number of hydrogen-bond acceptors (Lipinski definition) is 3. The van der Waals surface area contributed by atoms with Gasteiger partial charge in [0, 0.05) is 10.2 Å². The summed E-state index contributed by atoms with van der Waals surface area (Å²) < 4.78 is 6.52. The van der Waals surface area contributed by atoms with Gasteiger partial charge in [0.25, 0.3) is 0 Å². The molecular weight excluding hydrogens is 344 g/mol. The smallest absolute Gasteiger partial charge is 0.246 e. The van der Waals surface area contributed by atoms with Gasteiger partial charge >= 0.3 is 0 Å². The maximum absolute atomic E-state index is 12.2. The second-order valence-electron chi connectivity index (χ2n) is 4.79. The summed E-state index contributed by atoms with van der Waals surface area (Å²) >= 11 is 3.37. The molecule has 2 rings (SSSR count). The molecule has 1 atom stereocenters. The molecule has 0 fully saturated rings. The number of benzene rings is 2. The third-order valence-electron chi connectivity index (χ3n) is 3.06. The fourth-order valence-electron chi connectivity index (χ4n) is 1.95. The number of amides is 1. The molecule has 0 unspecified atom stereocenters. The molecular formula is C17H19BrN2O2. The molecule has 22 heavy (non-hydrogen) atoms. The molecule has 5 heteroatoms. The summed E-state index contributed by atoms with van der Waals surface area (Å²) in [4.78, 5) is 12.2. The van der Waals surface area contributed by atoms with Gasteiger partial charge in [-0.05, 0) is 50.2 Å². The summed E-state index contributed by atoms with van der Waals surface area (Å²) in [6.07, 6.45) is 0. The molecule has 0 aliphatic rings. The van der Waals surface area contributed by atoms with Crippen LogP contribution < -0.4 is 15.4 Å². The lowest BCUT2D eigenvalue weighted by atomic mass is 10.2. The van der Waals surface area contributed by atoms with Crippen molar-refractivity contribution in [3.8, 4) is 5.75 Å². The van der Waals surface area contributed by atoms with Crippen LogP contribution in [0.2, 0.25) is 0 Å². The zero-order chi connectivity index (χ0) is 15.9. The van der Waals surface area contributed by atoms with Gasteiger partial charge in [0.1, 0.15) is 11.8 Å². The average Bonchev–Trinajstić information content (AvgIpc) is 2.51. The van der Waals surface area contributed by atoms with Gasteiger partial charge in [-0.3, -0.25) is 4.79 Å². The van der Waals surface area contributed by atoms with E-state index in [-0.39, 0.29) is 11.9 Å². The Kier molecular flexibility index (Phi) is 5.83. The normalized spacial score (nSPS) is 11.6. The van der Waals surface area contributed by atoms with Crippen LogP contribution in [0, 0.1) is 0 Å². The van der Waals surface area contributed by atoms with Crippen molar-refractivity contribution in [2.45, 2.75) is 19.9 Å². The lowest BCUT2D eigenvalue weighted by Crippen LogP contribution is -2.32. The van der Waals surface area contributed by atoms with Gasteiger partial charge in [-0.2, -0.15) is 0 Å². The first-order valence-electron chi connectivity index (χ1n) is 7.15. The quantitative estimate of drug-likeness (QED) is 0.805. The third-order valence-corrected chi connectivity index (χ3v) is 3.59. The van der Waals surface area contributed by atoms with Crippen LogP contribution in [-0.4, -0.2) is 18.6 Å². The molecule has 2 aromatic carbocycles. The Hall–Kier alpha value is -2.01. The number of halogens is 1. The standard InChI is InChI=1S/C17H19BrN2O2/c1-3-22-16-7-5-4-6-15(16)19-12(2)17(21)20-14-10-8-13(18)9-11-14/h4-12,19H,3H2,1-2H3,(H,20,21)/t12-/m1/s1. The Morgan fingerprint density at radius 3 is 2.55 bits per heavy atom. The monoisotopic (exact) mass is 362 g/mol. The van der Waals surface area contributed by atoms with E-state index in [9.17, 15) is 4.79 Å². The highest BCUT2D eigenvalue weighted by Gasteiger charge is 2.14. The van der Waals surface area contributed by atoms with E-state index in [1.54, 1.807) is 0 Å². The van der Waals surface area contributed by atoms with Gasteiger partial charge < -0.3 is 15.4 Å². The zero-order valence-electron chi connectivity index (χ0n) is 12.6. The molecule has 0 spiro atoms. The molecule has 2 N–H and O–H groups in total. The summed E-state index contributed by atoms with van der Waals surface area (Å²) in [5.74, 6) is 0.641. The molecule has 0 aliphatic carbocycles. The minimum atomic E-state index is -0.384. The van der Waals surface area contributed by atoms with Gasteiger partial charge in [-0.25, -0.2) is 0 Å². The number of carbonyl (C=O) groups excluding carboxylic acids is 1. The van der Waals surface area contributed by atoms with Crippen LogP contribution in [0.15, 0.2) is 53.0 Å². The molecule has 0 aliphatic heterocycles. The molecule has 116 valence electrons. The van der Waals surface area contributed by atoms with E-state index in [0.717, 1.165) is 21.6 Å². The Labute approximate surface area is 139 Å². The average molecular weight is 363 g/mol. The van der Waals surface area contributed by atoms with Gasteiger partial charge in [0.05, 0.1) is 12.3 Å². The van der Waals surface area contributed by atoms with E-state index < -0.39 is 0 Å². The van der Waals surface area contributed by atoms with E-state index in [1.807, 2.05) is 62.4 Å². The van der Waals surface area contributed by atoms with Crippen molar-refractivity contribution in [3.05, 3.63) is 53.0 Å². The van der Waals surface area contributed by atoms with Crippen molar-refractivity contribution >= 4 is 33.2 Å². The third kappa shape index (κ3) is 4.49. The predicted molar refractivity (Wildman–Crippen MR) is 93.5 cm³/mol. The number of nitrogens with one attached hydrogen (secondary N) is 2. The van der Waals surface area contributed by atoms with Crippen LogP contribution >= 0.6 is 15.9 Å². The largest absolute Gasteiger partial charge is 0.492 e. The van der Waals surface area contributed by atoms with Gasteiger partial charge in [-0.15, -0.1) is 0 Å². The second-order valence-corrected chi connectivity index (χ2v) is 5.71. The maximum atomic E-state index is 12.2. The molecule has 0 bridgehead atoms. The van der Waals surface area contributed by atoms with Gasteiger partial charge in [-0.1, -0.05) is 28.1 Å². The Morgan fingerprint density at radius 1 is 1.18 bits per heavy atom. The van der Waals surface area contributed by atoms with Gasteiger partial charge in [0.15, 0.2) is 0 Å². The van der Waals surface area contributed by atoms with Crippen molar-refractivity contribution in [3.63, 3.8) is 0 Å². The van der Waals surface area contributed by atoms with E-state index in [2.05, 4.69) is 26.6 Å². The zero-order valence-corrected chi connectivity index (χ0v) is 14.2. The van der Waals surface area contributed by atoms with E-state index in [4.69, 9.17) is 4.74 Å². The highest BCUT2D eigenvalue weighted by Crippen LogP contribution is 2.24. The van der Waals surface area contributed by atoms with Crippen LogP contribution in [0.3, 0.4) is 0 Å². The van der Waals surface area contributed by atoms with Crippen molar-refractivity contribution in [2.75, 3.05) is 17.2 Å². The lowest BCUT2D eigenvalue weighted by molar-refractivity contribution is -0.116. The fraction of sp³-hybridized carbons (Fsp3) is 0.235. The fourth-order valence-corrected chi connectivity index (χ4v) is 2.21. The first-order valence-corrected chi connectivity index (χ1v) is 7.94. The minimum absolute atomic E-state index is 0.103. The van der Waals surface area contributed by atoms with Crippen LogP contribution in [0.4, 0.5) is 11.4 Å². The molecule has 0 heterocycles. The molecule has 0 radical (unpaired) electrons. The molecule has 0 saturated heterocycles. The number of ether oxygens (including phenoxy) is 1. The highest BCUT2D eigenvalue weighted by atomic mass is 79.9. The Bertz CT molecular complexity index is 629. The molecule has 0 aromatic heterocycles. The summed E-state index contributed by atoms with van der Waals surface area (Å²) in [5.41, 5.74) is 1.57. The van der Waals surface area contributed by atoms with Crippen LogP contribution in [0.1, 0.15) is 13.8 Å². The van der Waals surface area contributed by atoms with Crippen LogP contribution in [0.5, 0.6) is 5.75 Å². The number of anilines is 2. The van der Waals surface area contributed by atoms with E-state index >= 15 is 0 Å². The van der Waals surface area contributed by atoms with Crippen molar-refractivity contribution < 1.29 is 9.53 Å². The molecule has 4 nitrogen and oxygen atoms in total. The summed E-state index contributed by atoms with van der Waals surface area (Å²) in [6, 6.07) is 14.7. The summed E-state index contributed by atoms with van der Waals surface area (Å²) in [7, 11) is 0. The molecule has 2 aromatic rings. The molecule has 1 amide bonds. The second kappa shape index (κ2) is 7.84. The number of para-hydroxylation sites is 2. The Balaban J connectivity index is 2.00. The first-order chi connectivity index (χ1) is 10.6. The SMILES string of the molecule is CCOc1ccccc1N[C@H](C)C(=O)Nc1ccc(Br)cc1.